The Morgan fingerprint density at radius 3 is 2.81 bits per heavy atom. The van der Waals surface area contributed by atoms with E-state index in [2.05, 4.69) is 41.5 Å². The van der Waals surface area contributed by atoms with Gasteiger partial charge in [-0.15, -0.1) is 0 Å². The first-order valence-electron chi connectivity index (χ1n) is 7.57. The van der Waals surface area contributed by atoms with Crippen LogP contribution in [0, 0.1) is 0 Å². The molecule has 0 bridgehead atoms. The van der Waals surface area contributed by atoms with Crippen LogP contribution >= 0.6 is 0 Å². The highest BCUT2D eigenvalue weighted by Gasteiger charge is 2.25. The summed E-state index contributed by atoms with van der Waals surface area (Å²) in [5.41, 5.74) is 6.89. The highest BCUT2D eigenvalue weighted by atomic mass is 16.4. The van der Waals surface area contributed by atoms with E-state index in [1.807, 2.05) is 18.2 Å². The summed E-state index contributed by atoms with van der Waals surface area (Å²) in [5, 5.41) is 15.7. The molecule has 3 unspecified atom stereocenters. The van der Waals surface area contributed by atoms with E-state index in [1.54, 1.807) is 0 Å². The quantitative estimate of drug-likeness (QED) is 0.335. The van der Waals surface area contributed by atoms with Crippen LogP contribution in [-0.2, 0) is 0 Å². The molecule has 1 aliphatic heterocycles. The summed E-state index contributed by atoms with van der Waals surface area (Å²) in [6.07, 6.45) is 2.76. The van der Waals surface area contributed by atoms with Crippen LogP contribution in [0.4, 0.5) is 0 Å². The molecule has 0 spiro atoms. The summed E-state index contributed by atoms with van der Waals surface area (Å²) in [6, 6.07) is 11.3. The van der Waals surface area contributed by atoms with Crippen molar-refractivity contribution in [2.45, 2.75) is 44.3 Å². The number of nitrogens with zero attached hydrogens (tertiary/aromatic N) is 2. The number of benzene rings is 1. The van der Waals surface area contributed by atoms with Crippen LogP contribution in [0.2, 0.25) is 0 Å². The number of nitrogens with two attached hydrogens (primary N) is 1. The maximum absolute atomic E-state index is 8.84. The van der Waals surface area contributed by atoms with E-state index in [1.165, 1.54) is 5.56 Å². The minimum absolute atomic E-state index is 0.0858. The highest BCUT2D eigenvalue weighted by Crippen LogP contribution is 2.22. The second-order valence-corrected chi connectivity index (χ2v) is 5.98. The van der Waals surface area contributed by atoms with Crippen LogP contribution < -0.4 is 11.1 Å². The van der Waals surface area contributed by atoms with Gasteiger partial charge in [0.2, 0.25) is 0 Å². The van der Waals surface area contributed by atoms with E-state index in [-0.39, 0.29) is 11.9 Å². The van der Waals surface area contributed by atoms with Gasteiger partial charge in [0.15, 0.2) is 0 Å². The number of likely N-dealkylation sites (tertiary alicyclic amines) is 1. The lowest BCUT2D eigenvalue weighted by molar-refractivity contribution is 0.162. The second-order valence-electron chi connectivity index (χ2n) is 5.98. The molecule has 5 nitrogen and oxygen atoms in total. The van der Waals surface area contributed by atoms with Gasteiger partial charge in [-0.3, -0.25) is 0 Å². The predicted octanol–water partition coefficient (Wildman–Crippen LogP) is 1.94. The fourth-order valence-electron chi connectivity index (χ4n) is 2.93. The van der Waals surface area contributed by atoms with E-state index >= 15 is 0 Å². The van der Waals surface area contributed by atoms with Crippen molar-refractivity contribution in [1.29, 1.82) is 0 Å². The Morgan fingerprint density at radius 2 is 2.19 bits per heavy atom. The van der Waals surface area contributed by atoms with Crippen molar-refractivity contribution >= 4 is 5.84 Å². The second kappa shape index (κ2) is 7.43. The summed E-state index contributed by atoms with van der Waals surface area (Å²) in [4.78, 5) is 2.39. The maximum Gasteiger partial charge on any atom is 0.141 e. The lowest BCUT2D eigenvalue weighted by atomic mass is 9.95. The van der Waals surface area contributed by atoms with Crippen LogP contribution in [0.5, 0.6) is 0 Å². The summed E-state index contributed by atoms with van der Waals surface area (Å²) >= 11 is 0. The highest BCUT2D eigenvalue weighted by molar-refractivity contribution is 5.80. The van der Waals surface area contributed by atoms with E-state index in [0.717, 1.165) is 19.4 Å². The molecule has 0 radical (unpaired) electrons. The number of amidine groups is 1. The lowest BCUT2D eigenvalue weighted by Gasteiger charge is -2.37. The molecule has 2 rings (SSSR count). The standard InChI is InChI=1S/C16H26N4O/c1-12-10-14(8-9-20(12)2)18-15(11-16(17)19-21)13-6-4-3-5-7-13/h3-7,12,14-15,18,21H,8-11H2,1-2H3,(H2,17,19). The smallest absolute Gasteiger partial charge is 0.141 e. The van der Waals surface area contributed by atoms with Crippen LogP contribution in [0.1, 0.15) is 37.8 Å². The zero-order valence-electron chi connectivity index (χ0n) is 12.9. The maximum atomic E-state index is 8.84. The number of hydrogen-bond acceptors (Lipinski definition) is 4. The van der Waals surface area contributed by atoms with Crippen molar-refractivity contribution in [3.8, 4) is 0 Å². The van der Waals surface area contributed by atoms with E-state index < -0.39 is 0 Å². The van der Waals surface area contributed by atoms with Crippen molar-refractivity contribution in [2.75, 3.05) is 13.6 Å². The molecule has 0 aliphatic carbocycles. The molecule has 5 heteroatoms. The number of rotatable bonds is 5. The van der Waals surface area contributed by atoms with Gasteiger partial charge in [-0.2, -0.15) is 0 Å². The molecule has 3 atom stereocenters. The van der Waals surface area contributed by atoms with Gasteiger partial charge >= 0.3 is 0 Å². The molecule has 1 aliphatic rings. The molecule has 0 saturated carbocycles. The number of hydrogen-bond donors (Lipinski definition) is 3. The minimum Gasteiger partial charge on any atom is -0.409 e. The van der Waals surface area contributed by atoms with Gasteiger partial charge in [-0.1, -0.05) is 35.5 Å². The minimum atomic E-state index is 0.0858. The Hall–Kier alpha value is -1.59. The third-order valence-corrected chi connectivity index (χ3v) is 4.39. The average molecular weight is 290 g/mol. The zero-order chi connectivity index (χ0) is 15.2. The van der Waals surface area contributed by atoms with Gasteiger partial charge in [0, 0.05) is 24.5 Å². The van der Waals surface area contributed by atoms with Gasteiger partial charge in [0.1, 0.15) is 5.84 Å². The Kier molecular flexibility index (Phi) is 5.59. The first-order chi connectivity index (χ1) is 10.1. The fraction of sp³-hybridized carbons (Fsp3) is 0.562. The molecule has 0 amide bonds. The van der Waals surface area contributed by atoms with Crippen molar-refractivity contribution < 1.29 is 5.21 Å². The molecule has 1 saturated heterocycles. The predicted molar refractivity (Wildman–Crippen MR) is 85.5 cm³/mol. The molecule has 1 aromatic rings. The van der Waals surface area contributed by atoms with Crippen molar-refractivity contribution in [2.24, 2.45) is 10.9 Å². The molecule has 1 fully saturated rings. The number of oxime groups is 1. The molecule has 0 aromatic heterocycles. The first kappa shape index (κ1) is 15.8. The van der Waals surface area contributed by atoms with Gasteiger partial charge in [-0.05, 0) is 38.9 Å². The molecule has 1 aromatic carbocycles. The largest absolute Gasteiger partial charge is 0.409 e. The summed E-state index contributed by atoms with van der Waals surface area (Å²) in [6.45, 7) is 3.36. The molecule has 1 heterocycles. The van der Waals surface area contributed by atoms with Crippen LogP contribution in [-0.4, -0.2) is 41.6 Å². The molecule has 21 heavy (non-hydrogen) atoms. The molecule has 4 N–H and O–H groups in total. The third-order valence-electron chi connectivity index (χ3n) is 4.39. The van der Waals surface area contributed by atoms with Crippen molar-refractivity contribution in [1.82, 2.24) is 10.2 Å². The summed E-state index contributed by atoms with van der Waals surface area (Å²) < 4.78 is 0. The normalized spacial score (nSPS) is 25.7. The Morgan fingerprint density at radius 1 is 1.48 bits per heavy atom. The monoisotopic (exact) mass is 290 g/mol. The SMILES string of the molecule is CC1CC(NC(C/C(N)=N/O)c2ccccc2)CCN1C. The van der Waals surface area contributed by atoms with Crippen molar-refractivity contribution in [3.05, 3.63) is 35.9 Å². The van der Waals surface area contributed by atoms with Gasteiger partial charge in [-0.25, -0.2) is 0 Å². The first-order valence-corrected chi connectivity index (χ1v) is 7.57. The van der Waals surface area contributed by atoms with Gasteiger partial charge < -0.3 is 21.2 Å². The zero-order valence-corrected chi connectivity index (χ0v) is 12.9. The van der Waals surface area contributed by atoms with E-state index in [9.17, 15) is 0 Å². The van der Waals surface area contributed by atoms with Crippen molar-refractivity contribution in [3.63, 3.8) is 0 Å². The summed E-state index contributed by atoms with van der Waals surface area (Å²) in [5.74, 6) is 0.261. The van der Waals surface area contributed by atoms with E-state index in [0.29, 0.717) is 18.5 Å². The molecule has 116 valence electrons. The lowest BCUT2D eigenvalue weighted by Crippen LogP contribution is -2.47. The Balaban J connectivity index is 2.06. The van der Waals surface area contributed by atoms with Crippen LogP contribution in [0.25, 0.3) is 0 Å². The molecular weight excluding hydrogens is 264 g/mol. The van der Waals surface area contributed by atoms with Crippen LogP contribution in [0.15, 0.2) is 35.5 Å². The topological polar surface area (TPSA) is 73.9 Å². The Labute approximate surface area is 126 Å². The van der Waals surface area contributed by atoms with Gasteiger partial charge in [0.05, 0.1) is 0 Å². The van der Waals surface area contributed by atoms with Crippen LogP contribution in [0.3, 0.4) is 0 Å². The third kappa shape index (κ3) is 4.44. The molecular formula is C16H26N4O. The number of piperidine rings is 1. The average Bonchev–Trinajstić information content (AvgIpc) is 2.51. The Bertz CT molecular complexity index is 463. The number of nitrogens with one attached hydrogen (secondary N) is 1. The van der Waals surface area contributed by atoms with Gasteiger partial charge in [0.25, 0.3) is 0 Å². The summed E-state index contributed by atoms with van der Waals surface area (Å²) in [7, 11) is 2.17. The van der Waals surface area contributed by atoms with E-state index in [4.69, 9.17) is 10.9 Å². The fourth-order valence-corrected chi connectivity index (χ4v) is 2.93.